The Morgan fingerprint density at radius 3 is 2.17 bits per heavy atom. The molecule has 0 spiro atoms. The first-order valence-corrected chi connectivity index (χ1v) is 3.95. The molecule has 0 aromatic rings. The monoisotopic (exact) mass is 174 g/mol. The average Bonchev–Trinajstić information content (AvgIpc) is 2.07. The van der Waals surface area contributed by atoms with Gasteiger partial charge in [0, 0.05) is 6.92 Å². The Bertz CT molecular complexity index is 155. The molecule has 0 saturated carbocycles. The van der Waals surface area contributed by atoms with Crippen LogP contribution >= 0.6 is 0 Å². The van der Waals surface area contributed by atoms with Crippen LogP contribution in [0, 0.1) is 0 Å². The van der Waals surface area contributed by atoms with Gasteiger partial charge in [0.05, 0.1) is 6.54 Å². The lowest BCUT2D eigenvalue weighted by molar-refractivity contribution is -0.111. The normalized spacial score (nSPS) is 9.92. The van der Waals surface area contributed by atoms with E-state index in [1.807, 2.05) is 13.8 Å². The number of hydrazine groups is 1. The number of amidine groups is 1. The molecular weight excluding hydrogens is 156 g/mol. The standard InChI is InChI=1S/C5H12N4O.C2H6/c1-3-9(7)8-5(6)4(2)10;1-2/h3,7H2,1-2H3,(H2,6,8);1-2H3. The van der Waals surface area contributed by atoms with Gasteiger partial charge in [0.2, 0.25) is 0 Å². The summed E-state index contributed by atoms with van der Waals surface area (Å²) >= 11 is 0. The molecule has 0 aromatic carbocycles. The van der Waals surface area contributed by atoms with E-state index in [9.17, 15) is 4.79 Å². The molecule has 4 N–H and O–H groups in total. The summed E-state index contributed by atoms with van der Waals surface area (Å²) in [6.07, 6.45) is 0. The number of rotatable bonds is 3. The number of hydrogen-bond donors (Lipinski definition) is 2. The van der Waals surface area contributed by atoms with Crippen molar-refractivity contribution < 1.29 is 4.79 Å². The lowest BCUT2D eigenvalue weighted by Crippen LogP contribution is -2.31. The van der Waals surface area contributed by atoms with Crippen molar-refractivity contribution in [1.29, 1.82) is 0 Å². The second-order valence-corrected chi connectivity index (χ2v) is 1.80. The van der Waals surface area contributed by atoms with Gasteiger partial charge in [0.25, 0.3) is 0 Å². The van der Waals surface area contributed by atoms with Crippen LogP contribution in [0.15, 0.2) is 5.10 Å². The van der Waals surface area contributed by atoms with Crippen molar-refractivity contribution >= 4 is 11.6 Å². The number of nitrogens with zero attached hydrogens (tertiary/aromatic N) is 2. The molecule has 0 aliphatic heterocycles. The second-order valence-electron chi connectivity index (χ2n) is 1.80. The lowest BCUT2D eigenvalue weighted by atomic mass is 10.4. The average molecular weight is 174 g/mol. The molecular formula is C7H18N4O. The highest BCUT2D eigenvalue weighted by Crippen LogP contribution is 1.78. The Balaban J connectivity index is 0. The van der Waals surface area contributed by atoms with Gasteiger partial charge in [-0.05, 0) is 6.92 Å². The third-order valence-corrected chi connectivity index (χ3v) is 0.921. The van der Waals surface area contributed by atoms with Crippen LogP contribution in [0.4, 0.5) is 0 Å². The highest BCUT2D eigenvalue weighted by Gasteiger charge is 1.99. The largest absolute Gasteiger partial charge is 0.379 e. The quantitative estimate of drug-likeness (QED) is 0.274. The lowest BCUT2D eigenvalue weighted by Gasteiger charge is -2.08. The van der Waals surface area contributed by atoms with E-state index in [1.54, 1.807) is 6.92 Å². The maximum atomic E-state index is 10.5. The fourth-order valence-corrected chi connectivity index (χ4v) is 0.280. The van der Waals surface area contributed by atoms with Gasteiger partial charge in [-0.25, -0.2) is 11.0 Å². The smallest absolute Gasteiger partial charge is 0.196 e. The van der Waals surface area contributed by atoms with E-state index < -0.39 is 0 Å². The van der Waals surface area contributed by atoms with Crippen LogP contribution < -0.4 is 11.6 Å². The number of hydrazone groups is 1. The van der Waals surface area contributed by atoms with Gasteiger partial charge in [-0.3, -0.25) is 4.79 Å². The number of carbonyl (C=O) groups excluding carboxylic acids is 1. The molecule has 0 heterocycles. The van der Waals surface area contributed by atoms with Gasteiger partial charge in [0.1, 0.15) is 0 Å². The van der Waals surface area contributed by atoms with Crippen molar-refractivity contribution in [2.75, 3.05) is 6.54 Å². The summed E-state index contributed by atoms with van der Waals surface area (Å²) in [5.74, 6) is 4.89. The predicted octanol–water partition coefficient (Wildman–Crippen LogP) is 0.0694. The van der Waals surface area contributed by atoms with Gasteiger partial charge >= 0.3 is 0 Å². The first-order valence-electron chi connectivity index (χ1n) is 3.95. The molecule has 0 saturated heterocycles. The predicted molar refractivity (Wildman–Crippen MR) is 50.2 cm³/mol. The molecule has 12 heavy (non-hydrogen) atoms. The van der Waals surface area contributed by atoms with E-state index in [0.29, 0.717) is 6.54 Å². The third kappa shape index (κ3) is 7.01. The highest BCUT2D eigenvalue weighted by molar-refractivity contribution is 6.37. The van der Waals surface area contributed by atoms with Crippen molar-refractivity contribution in [3.8, 4) is 0 Å². The summed E-state index contributed by atoms with van der Waals surface area (Å²) in [6, 6.07) is 0. The van der Waals surface area contributed by atoms with Crippen molar-refractivity contribution in [3.05, 3.63) is 0 Å². The van der Waals surface area contributed by atoms with Crippen LogP contribution in [0.3, 0.4) is 0 Å². The summed E-state index contributed by atoms with van der Waals surface area (Å²) < 4.78 is 0. The molecule has 0 atom stereocenters. The fraction of sp³-hybridized carbons (Fsp3) is 0.714. The second kappa shape index (κ2) is 8.00. The van der Waals surface area contributed by atoms with Gasteiger partial charge in [-0.1, -0.05) is 13.8 Å². The van der Waals surface area contributed by atoms with Crippen molar-refractivity contribution in [2.24, 2.45) is 16.7 Å². The number of Topliss-reactive ketones (excluding diaryl/α,β-unsaturated/α-hetero) is 1. The molecule has 0 aromatic heterocycles. The van der Waals surface area contributed by atoms with Crippen LogP contribution in [0.1, 0.15) is 27.7 Å². The van der Waals surface area contributed by atoms with Gasteiger partial charge in [0.15, 0.2) is 11.6 Å². The minimum Gasteiger partial charge on any atom is -0.379 e. The maximum Gasteiger partial charge on any atom is 0.196 e. The molecule has 0 rings (SSSR count). The Hall–Kier alpha value is -1.10. The maximum absolute atomic E-state index is 10.5. The zero-order chi connectivity index (χ0) is 10.1. The van der Waals surface area contributed by atoms with E-state index in [1.165, 1.54) is 6.92 Å². The summed E-state index contributed by atoms with van der Waals surface area (Å²) in [6.45, 7) is 7.66. The first-order chi connectivity index (χ1) is 5.57. The Morgan fingerprint density at radius 2 is 1.92 bits per heavy atom. The number of carbonyl (C=O) groups is 1. The third-order valence-electron chi connectivity index (χ3n) is 0.921. The van der Waals surface area contributed by atoms with E-state index in [2.05, 4.69) is 5.10 Å². The molecule has 0 radical (unpaired) electrons. The molecule has 5 heteroatoms. The zero-order valence-corrected chi connectivity index (χ0v) is 8.16. The number of ketones is 1. The van der Waals surface area contributed by atoms with Crippen LogP contribution in [0.25, 0.3) is 0 Å². The number of nitrogens with two attached hydrogens (primary N) is 2. The molecule has 0 fully saturated rings. The minimum atomic E-state index is -0.274. The highest BCUT2D eigenvalue weighted by atomic mass is 16.1. The topological polar surface area (TPSA) is 84.7 Å². The van der Waals surface area contributed by atoms with E-state index in [-0.39, 0.29) is 11.6 Å². The summed E-state index contributed by atoms with van der Waals surface area (Å²) in [5, 5.41) is 4.66. The van der Waals surface area contributed by atoms with E-state index in [0.717, 1.165) is 5.12 Å². The molecule has 0 amide bonds. The minimum absolute atomic E-state index is 0.0654. The van der Waals surface area contributed by atoms with Crippen LogP contribution in [0.2, 0.25) is 0 Å². The molecule has 0 bridgehead atoms. The molecule has 0 aliphatic carbocycles. The Labute approximate surface area is 73.4 Å². The number of hydrogen-bond acceptors (Lipinski definition) is 4. The molecule has 0 aliphatic rings. The van der Waals surface area contributed by atoms with E-state index in [4.69, 9.17) is 11.6 Å². The fourth-order valence-electron chi connectivity index (χ4n) is 0.280. The van der Waals surface area contributed by atoms with Crippen molar-refractivity contribution in [2.45, 2.75) is 27.7 Å². The summed E-state index contributed by atoms with van der Waals surface area (Å²) in [5.41, 5.74) is 5.17. The van der Waals surface area contributed by atoms with Gasteiger partial charge < -0.3 is 5.73 Å². The summed E-state index contributed by atoms with van der Waals surface area (Å²) in [7, 11) is 0. The van der Waals surface area contributed by atoms with E-state index >= 15 is 0 Å². The molecule has 0 unspecified atom stereocenters. The van der Waals surface area contributed by atoms with Crippen molar-refractivity contribution in [3.63, 3.8) is 0 Å². The van der Waals surface area contributed by atoms with Gasteiger partial charge in [-0.15, -0.1) is 5.10 Å². The molecule has 5 nitrogen and oxygen atoms in total. The first kappa shape index (κ1) is 13.5. The molecule has 72 valence electrons. The van der Waals surface area contributed by atoms with Crippen LogP contribution in [-0.2, 0) is 4.79 Å². The zero-order valence-electron chi connectivity index (χ0n) is 8.16. The van der Waals surface area contributed by atoms with Crippen molar-refractivity contribution in [1.82, 2.24) is 5.12 Å². The van der Waals surface area contributed by atoms with Gasteiger partial charge in [-0.2, -0.15) is 0 Å². The SMILES string of the molecule is CC.CCN(N)/N=C(\N)C(C)=O. The Kier molecular flexibility index (Phi) is 8.99. The van der Waals surface area contributed by atoms with Crippen LogP contribution in [0.5, 0.6) is 0 Å². The summed E-state index contributed by atoms with van der Waals surface area (Å²) in [4.78, 5) is 10.5. The Morgan fingerprint density at radius 1 is 1.50 bits per heavy atom. The van der Waals surface area contributed by atoms with Crippen LogP contribution in [-0.4, -0.2) is 23.3 Å².